The molecule has 28 heavy (non-hydrogen) atoms. The molecule has 7 heteroatoms. The van der Waals surface area contributed by atoms with Crippen LogP contribution in [0.5, 0.6) is 0 Å². The van der Waals surface area contributed by atoms with Crippen molar-refractivity contribution in [2.45, 2.75) is 11.7 Å². The fourth-order valence-corrected chi connectivity index (χ4v) is 4.34. The Kier molecular flexibility index (Phi) is 6.55. The predicted octanol–water partition coefficient (Wildman–Crippen LogP) is 4.12. The van der Waals surface area contributed by atoms with Crippen LogP contribution in [0.25, 0.3) is 0 Å². The van der Waals surface area contributed by atoms with Crippen molar-refractivity contribution in [3.05, 3.63) is 80.8 Å². The molecule has 0 radical (unpaired) electrons. The Morgan fingerprint density at radius 2 is 1.89 bits per heavy atom. The predicted molar refractivity (Wildman–Crippen MR) is 111 cm³/mol. The molecule has 5 nitrogen and oxygen atoms in total. The lowest BCUT2D eigenvalue weighted by molar-refractivity contribution is -0.150. The van der Waals surface area contributed by atoms with E-state index in [1.165, 1.54) is 18.9 Å². The number of hydrogen-bond acceptors (Lipinski definition) is 5. The second kappa shape index (κ2) is 9.09. The molecule has 3 rings (SSSR count). The van der Waals surface area contributed by atoms with E-state index in [2.05, 4.69) is 27.3 Å². The smallest absolute Gasteiger partial charge is 0.319 e. The summed E-state index contributed by atoms with van der Waals surface area (Å²) < 4.78 is 5.82. The number of esters is 1. The van der Waals surface area contributed by atoms with Crippen molar-refractivity contribution in [1.82, 2.24) is 5.32 Å². The maximum atomic E-state index is 12.7. The van der Waals surface area contributed by atoms with Crippen LogP contribution in [-0.4, -0.2) is 19.0 Å². The van der Waals surface area contributed by atoms with Crippen molar-refractivity contribution in [1.29, 1.82) is 5.26 Å². The summed E-state index contributed by atoms with van der Waals surface area (Å²) in [5.41, 5.74) is 2.15. The van der Waals surface area contributed by atoms with Crippen LogP contribution < -0.4 is 5.32 Å². The first-order valence-corrected chi connectivity index (χ1v) is 10.3. The minimum atomic E-state index is -1.10. The van der Waals surface area contributed by atoms with Gasteiger partial charge in [-0.05, 0) is 23.3 Å². The fourth-order valence-electron chi connectivity index (χ4n) is 3.08. The summed E-state index contributed by atoms with van der Waals surface area (Å²) in [4.78, 5) is 25.0. The molecule has 0 unspecified atom stereocenters. The van der Waals surface area contributed by atoms with Crippen molar-refractivity contribution in [2.75, 3.05) is 7.11 Å². The topological polar surface area (TPSA) is 79.2 Å². The lowest BCUT2D eigenvalue weighted by Crippen LogP contribution is -2.44. The van der Waals surface area contributed by atoms with E-state index in [4.69, 9.17) is 4.74 Å². The van der Waals surface area contributed by atoms with Crippen molar-refractivity contribution in [3.63, 3.8) is 0 Å². The second-order valence-corrected chi connectivity index (χ2v) is 8.05. The van der Waals surface area contributed by atoms with Gasteiger partial charge in [-0.1, -0.05) is 58.4 Å². The Hall–Kier alpha value is -2.56. The second-order valence-electron chi connectivity index (χ2n) is 6.15. The summed E-state index contributed by atoms with van der Waals surface area (Å²) in [7, 11) is 1.24. The van der Waals surface area contributed by atoms with Gasteiger partial charge in [-0.15, -0.1) is 11.8 Å². The molecule has 2 atom stereocenters. The molecule has 0 fully saturated rings. The van der Waals surface area contributed by atoms with Gasteiger partial charge >= 0.3 is 5.97 Å². The average molecular weight is 457 g/mol. The highest BCUT2D eigenvalue weighted by Gasteiger charge is 2.44. The number of benzene rings is 2. The van der Waals surface area contributed by atoms with Crippen molar-refractivity contribution in [3.8, 4) is 6.07 Å². The molecule has 0 spiro atoms. The highest BCUT2D eigenvalue weighted by molar-refractivity contribution is 9.10. The Morgan fingerprint density at radius 3 is 2.50 bits per heavy atom. The number of hydrogen-bond donors (Lipinski definition) is 1. The quantitative estimate of drug-likeness (QED) is 0.540. The standard InChI is InChI=1S/C21H17BrN2O3S/c1-27-21(26)18-17(14-5-3-2-4-6-14)16(11-23)20(24-19(18)25)28-12-13-7-9-15(22)10-8-13/h2-10,17-18H,12H2,1H3,(H,24,25)/t17-,18+/m1/s1. The van der Waals surface area contributed by atoms with E-state index < -0.39 is 23.7 Å². The molecule has 1 aliphatic heterocycles. The minimum Gasteiger partial charge on any atom is -0.468 e. The van der Waals surface area contributed by atoms with Gasteiger partial charge in [0.05, 0.1) is 23.8 Å². The SMILES string of the molecule is COC(=O)[C@@H]1C(=O)NC(SCc2ccc(Br)cc2)=C(C#N)[C@H]1c1ccccc1. The van der Waals surface area contributed by atoms with Gasteiger partial charge in [-0.2, -0.15) is 5.26 Å². The van der Waals surface area contributed by atoms with Gasteiger partial charge in [0.15, 0.2) is 0 Å². The van der Waals surface area contributed by atoms with E-state index in [1.54, 1.807) is 0 Å². The first kappa shape index (κ1) is 20.2. The Morgan fingerprint density at radius 1 is 1.21 bits per heavy atom. The number of carbonyl (C=O) groups is 2. The maximum Gasteiger partial charge on any atom is 0.319 e. The van der Waals surface area contributed by atoms with Gasteiger partial charge in [-0.25, -0.2) is 0 Å². The largest absolute Gasteiger partial charge is 0.468 e. The number of nitriles is 1. The number of methoxy groups -OCH3 is 1. The molecule has 0 aliphatic carbocycles. The molecule has 0 saturated heterocycles. The Labute approximate surface area is 175 Å². The monoisotopic (exact) mass is 456 g/mol. The molecule has 0 aromatic heterocycles. The number of nitrogens with zero attached hydrogens (tertiary/aromatic N) is 1. The molecule has 1 aliphatic rings. The van der Waals surface area contributed by atoms with Crippen molar-refractivity contribution >= 4 is 39.6 Å². The van der Waals surface area contributed by atoms with Gasteiger partial charge in [0, 0.05) is 16.1 Å². The van der Waals surface area contributed by atoms with Crippen molar-refractivity contribution in [2.24, 2.45) is 5.92 Å². The summed E-state index contributed by atoms with van der Waals surface area (Å²) in [6.45, 7) is 0. The Balaban J connectivity index is 1.98. The van der Waals surface area contributed by atoms with Crippen LogP contribution in [0.3, 0.4) is 0 Å². The zero-order valence-corrected chi connectivity index (χ0v) is 17.4. The highest BCUT2D eigenvalue weighted by atomic mass is 79.9. The lowest BCUT2D eigenvalue weighted by Gasteiger charge is -2.31. The number of nitrogens with one attached hydrogen (secondary N) is 1. The van der Waals surface area contributed by atoms with Crippen molar-refractivity contribution < 1.29 is 14.3 Å². The molecular formula is C21H17BrN2O3S. The maximum absolute atomic E-state index is 12.7. The number of thioether (sulfide) groups is 1. The highest BCUT2D eigenvalue weighted by Crippen LogP contribution is 2.40. The van der Waals surface area contributed by atoms with Crippen LogP contribution in [-0.2, 0) is 20.1 Å². The van der Waals surface area contributed by atoms with Crippen LogP contribution in [0, 0.1) is 17.2 Å². The molecule has 1 heterocycles. The van der Waals surface area contributed by atoms with Gasteiger partial charge in [0.1, 0.15) is 5.92 Å². The third kappa shape index (κ3) is 4.29. The van der Waals surface area contributed by atoms with E-state index in [9.17, 15) is 14.9 Å². The van der Waals surface area contributed by atoms with Crippen LogP contribution in [0.4, 0.5) is 0 Å². The first-order valence-electron chi connectivity index (χ1n) is 8.50. The molecule has 2 aromatic rings. The van der Waals surface area contributed by atoms with Crippen LogP contribution >= 0.6 is 27.7 Å². The van der Waals surface area contributed by atoms with Crippen LogP contribution in [0.1, 0.15) is 17.0 Å². The summed E-state index contributed by atoms with van der Waals surface area (Å²) in [6.07, 6.45) is 0. The fraction of sp³-hybridized carbons (Fsp3) is 0.190. The van der Waals surface area contributed by atoms with E-state index in [-0.39, 0.29) is 0 Å². The molecule has 1 amide bonds. The number of amides is 1. The number of ether oxygens (including phenoxy) is 1. The van der Waals surface area contributed by atoms with E-state index >= 15 is 0 Å². The molecule has 0 bridgehead atoms. The summed E-state index contributed by atoms with van der Waals surface area (Å²) in [5, 5.41) is 13.1. The summed E-state index contributed by atoms with van der Waals surface area (Å²) in [5.74, 6) is -2.31. The van der Waals surface area contributed by atoms with Gasteiger partial charge < -0.3 is 10.1 Å². The zero-order valence-electron chi connectivity index (χ0n) is 15.0. The van der Waals surface area contributed by atoms with E-state index in [0.29, 0.717) is 16.4 Å². The average Bonchev–Trinajstić information content (AvgIpc) is 2.72. The molecular weight excluding hydrogens is 440 g/mol. The number of halogens is 1. The third-order valence-corrected chi connectivity index (χ3v) is 6.06. The molecule has 142 valence electrons. The Bertz CT molecular complexity index is 952. The number of allylic oxidation sites excluding steroid dienone is 1. The van der Waals surface area contributed by atoms with E-state index in [1.807, 2.05) is 54.6 Å². The number of rotatable bonds is 5. The van der Waals surface area contributed by atoms with Gasteiger partial charge in [0.2, 0.25) is 5.91 Å². The number of carbonyl (C=O) groups excluding carboxylic acids is 2. The lowest BCUT2D eigenvalue weighted by atomic mass is 9.78. The normalized spacial score (nSPS) is 19.0. The first-order chi connectivity index (χ1) is 13.5. The van der Waals surface area contributed by atoms with Crippen LogP contribution in [0.2, 0.25) is 0 Å². The summed E-state index contributed by atoms with van der Waals surface area (Å²) in [6, 6.07) is 19.1. The summed E-state index contributed by atoms with van der Waals surface area (Å²) >= 11 is 4.77. The molecule has 0 saturated carbocycles. The van der Waals surface area contributed by atoms with E-state index in [0.717, 1.165) is 15.6 Å². The van der Waals surface area contributed by atoms with Gasteiger partial charge in [-0.3, -0.25) is 9.59 Å². The molecule has 2 aromatic carbocycles. The zero-order chi connectivity index (χ0) is 20.1. The molecule has 1 N–H and O–H groups in total. The third-order valence-electron chi connectivity index (χ3n) is 4.44. The van der Waals surface area contributed by atoms with Gasteiger partial charge in [0.25, 0.3) is 0 Å². The van der Waals surface area contributed by atoms with Crippen LogP contribution in [0.15, 0.2) is 69.7 Å². The minimum absolute atomic E-state index is 0.364.